The summed E-state index contributed by atoms with van der Waals surface area (Å²) >= 11 is 0. The maximum Gasteiger partial charge on any atom is 0.410 e. The molecule has 29 heavy (non-hydrogen) atoms. The lowest BCUT2D eigenvalue weighted by molar-refractivity contribution is -0.145. The van der Waals surface area contributed by atoms with Gasteiger partial charge in [-0.2, -0.15) is 0 Å². The standard InChI is InChI=1S/C23H35NO5/c1-22(2,3)29-21(26)24-15-13-23(4,14-16-24)12-6-7-20(25)28-17-18-8-10-19(27-5)11-9-18/h8-11H,6-7,12-17H2,1-5H3. The molecule has 1 aromatic carbocycles. The van der Waals surface area contributed by atoms with Crippen LogP contribution in [-0.4, -0.2) is 42.8 Å². The zero-order chi connectivity index (χ0) is 21.5. The largest absolute Gasteiger partial charge is 0.497 e. The van der Waals surface area contributed by atoms with Crippen LogP contribution in [-0.2, 0) is 20.9 Å². The maximum absolute atomic E-state index is 12.2. The van der Waals surface area contributed by atoms with Gasteiger partial charge in [0.15, 0.2) is 0 Å². The third kappa shape index (κ3) is 7.95. The summed E-state index contributed by atoms with van der Waals surface area (Å²) in [4.78, 5) is 26.0. The molecule has 0 aliphatic carbocycles. The molecule has 0 radical (unpaired) electrons. The minimum atomic E-state index is -0.468. The Bertz CT molecular complexity index is 670. The second kappa shape index (κ2) is 9.99. The monoisotopic (exact) mass is 405 g/mol. The number of ether oxygens (including phenoxy) is 3. The van der Waals surface area contributed by atoms with Crippen molar-refractivity contribution in [3.05, 3.63) is 29.8 Å². The molecule has 0 spiro atoms. The lowest BCUT2D eigenvalue weighted by atomic mass is 9.76. The fourth-order valence-electron chi connectivity index (χ4n) is 3.42. The van der Waals surface area contributed by atoms with E-state index in [4.69, 9.17) is 14.2 Å². The minimum Gasteiger partial charge on any atom is -0.497 e. The summed E-state index contributed by atoms with van der Waals surface area (Å²) in [6, 6.07) is 7.50. The van der Waals surface area contributed by atoms with Gasteiger partial charge < -0.3 is 19.1 Å². The number of carbonyl (C=O) groups is 2. The second-order valence-corrected chi connectivity index (χ2v) is 9.14. The molecular formula is C23H35NO5. The SMILES string of the molecule is COc1ccc(COC(=O)CCCC2(C)CCN(C(=O)OC(C)(C)C)CC2)cc1. The normalized spacial score (nSPS) is 16.2. The van der Waals surface area contributed by atoms with E-state index in [1.165, 1.54) is 0 Å². The highest BCUT2D eigenvalue weighted by atomic mass is 16.6. The van der Waals surface area contributed by atoms with Crippen LogP contribution in [0.25, 0.3) is 0 Å². The number of likely N-dealkylation sites (tertiary alicyclic amines) is 1. The van der Waals surface area contributed by atoms with Crippen molar-refractivity contribution in [2.24, 2.45) is 5.41 Å². The van der Waals surface area contributed by atoms with Crippen LogP contribution in [0.15, 0.2) is 24.3 Å². The summed E-state index contributed by atoms with van der Waals surface area (Å²) in [6.07, 6.45) is 3.78. The number of benzene rings is 1. The molecule has 0 unspecified atom stereocenters. The van der Waals surface area contributed by atoms with Gasteiger partial charge in [0.25, 0.3) is 0 Å². The number of rotatable bonds is 7. The quantitative estimate of drug-likeness (QED) is 0.601. The number of nitrogens with zero attached hydrogens (tertiary/aromatic N) is 1. The molecule has 0 atom stereocenters. The highest BCUT2D eigenvalue weighted by Gasteiger charge is 2.33. The number of hydrogen-bond donors (Lipinski definition) is 0. The zero-order valence-corrected chi connectivity index (χ0v) is 18.5. The van der Waals surface area contributed by atoms with E-state index in [1.54, 1.807) is 12.0 Å². The van der Waals surface area contributed by atoms with E-state index < -0.39 is 5.60 Å². The summed E-state index contributed by atoms with van der Waals surface area (Å²) in [5.41, 5.74) is 0.624. The third-order valence-electron chi connectivity index (χ3n) is 5.34. The van der Waals surface area contributed by atoms with Crippen molar-refractivity contribution < 1.29 is 23.8 Å². The van der Waals surface area contributed by atoms with Crippen LogP contribution in [0.3, 0.4) is 0 Å². The molecule has 6 nitrogen and oxygen atoms in total. The van der Waals surface area contributed by atoms with E-state index in [-0.39, 0.29) is 24.1 Å². The lowest BCUT2D eigenvalue weighted by Gasteiger charge is -2.39. The highest BCUT2D eigenvalue weighted by molar-refractivity contribution is 5.69. The molecule has 6 heteroatoms. The molecule has 1 aliphatic rings. The van der Waals surface area contributed by atoms with Gasteiger partial charge in [-0.3, -0.25) is 4.79 Å². The van der Waals surface area contributed by atoms with Crippen molar-refractivity contribution in [1.29, 1.82) is 0 Å². The van der Waals surface area contributed by atoms with E-state index in [1.807, 2.05) is 45.0 Å². The predicted octanol–water partition coefficient (Wildman–Crippen LogP) is 4.95. The Labute approximate surface area is 174 Å². The number of hydrogen-bond acceptors (Lipinski definition) is 5. The molecule has 1 saturated heterocycles. The maximum atomic E-state index is 12.2. The van der Waals surface area contributed by atoms with Gasteiger partial charge in [0.2, 0.25) is 0 Å². The van der Waals surface area contributed by atoms with Gasteiger partial charge in [0.1, 0.15) is 18.0 Å². The molecule has 1 aliphatic heterocycles. The van der Waals surface area contributed by atoms with Crippen LogP contribution in [0.1, 0.15) is 65.4 Å². The van der Waals surface area contributed by atoms with Crippen molar-refractivity contribution in [3.63, 3.8) is 0 Å². The van der Waals surface area contributed by atoms with Crippen LogP contribution in [0.5, 0.6) is 5.75 Å². The Balaban J connectivity index is 1.66. The summed E-state index contributed by atoms with van der Waals surface area (Å²) < 4.78 is 15.9. The van der Waals surface area contributed by atoms with Crippen LogP contribution in [0.2, 0.25) is 0 Å². The van der Waals surface area contributed by atoms with Gasteiger partial charge in [-0.1, -0.05) is 19.1 Å². The predicted molar refractivity (Wildman–Crippen MR) is 112 cm³/mol. The number of piperidine rings is 1. The van der Waals surface area contributed by atoms with E-state index in [9.17, 15) is 9.59 Å². The molecule has 0 N–H and O–H groups in total. The number of carbonyl (C=O) groups excluding carboxylic acids is 2. The van der Waals surface area contributed by atoms with Crippen LogP contribution < -0.4 is 4.74 Å². The summed E-state index contributed by atoms with van der Waals surface area (Å²) in [5.74, 6) is 0.613. The molecule has 1 heterocycles. The molecule has 2 rings (SSSR count). The average Bonchev–Trinajstić information content (AvgIpc) is 2.66. The Morgan fingerprint density at radius 1 is 1.10 bits per heavy atom. The summed E-state index contributed by atoms with van der Waals surface area (Å²) in [7, 11) is 1.62. The fraction of sp³-hybridized carbons (Fsp3) is 0.652. The molecular weight excluding hydrogens is 370 g/mol. The second-order valence-electron chi connectivity index (χ2n) is 9.14. The first-order chi connectivity index (χ1) is 13.6. The third-order valence-corrected chi connectivity index (χ3v) is 5.34. The smallest absolute Gasteiger partial charge is 0.410 e. The summed E-state index contributed by atoms with van der Waals surface area (Å²) in [6.45, 7) is 9.57. The fourth-order valence-corrected chi connectivity index (χ4v) is 3.42. The van der Waals surface area contributed by atoms with E-state index in [2.05, 4.69) is 6.92 Å². The number of amides is 1. The number of methoxy groups -OCH3 is 1. The van der Waals surface area contributed by atoms with Gasteiger partial charge in [-0.25, -0.2) is 4.79 Å². The minimum absolute atomic E-state index is 0.148. The van der Waals surface area contributed by atoms with E-state index in [0.29, 0.717) is 19.5 Å². The van der Waals surface area contributed by atoms with Crippen molar-refractivity contribution in [1.82, 2.24) is 4.90 Å². The molecule has 162 valence electrons. The molecule has 1 aromatic rings. The molecule has 0 aromatic heterocycles. The van der Waals surface area contributed by atoms with Crippen molar-refractivity contribution in [2.75, 3.05) is 20.2 Å². The first-order valence-corrected chi connectivity index (χ1v) is 10.4. The zero-order valence-electron chi connectivity index (χ0n) is 18.5. The summed E-state index contributed by atoms with van der Waals surface area (Å²) in [5, 5.41) is 0. The highest BCUT2D eigenvalue weighted by Crippen LogP contribution is 2.36. The first-order valence-electron chi connectivity index (χ1n) is 10.4. The Kier molecular flexibility index (Phi) is 7.94. The lowest BCUT2D eigenvalue weighted by Crippen LogP contribution is -2.44. The van der Waals surface area contributed by atoms with E-state index >= 15 is 0 Å². The Morgan fingerprint density at radius 2 is 1.72 bits per heavy atom. The van der Waals surface area contributed by atoms with Gasteiger partial charge in [0, 0.05) is 19.5 Å². The molecule has 0 bridgehead atoms. The van der Waals surface area contributed by atoms with Crippen molar-refractivity contribution in [3.8, 4) is 5.75 Å². The van der Waals surface area contributed by atoms with Gasteiger partial charge >= 0.3 is 12.1 Å². The Morgan fingerprint density at radius 3 is 2.28 bits per heavy atom. The molecule has 0 saturated carbocycles. The van der Waals surface area contributed by atoms with Gasteiger partial charge in [0.05, 0.1) is 7.11 Å². The molecule has 1 amide bonds. The average molecular weight is 406 g/mol. The molecule has 1 fully saturated rings. The van der Waals surface area contributed by atoms with Crippen molar-refractivity contribution >= 4 is 12.1 Å². The van der Waals surface area contributed by atoms with Crippen LogP contribution in [0.4, 0.5) is 4.79 Å². The van der Waals surface area contributed by atoms with Crippen LogP contribution >= 0.6 is 0 Å². The Hall–Kier alpha value is -2.24. The van der Waals surface area contributed by atoms with Crippen molar-refractivity contribution in [2.45, 2.75) is 72.0 Å². The topological polar surface area (TPSA) is 65.1 Å². The first kappa shape index (κ1) is 23.0. The van der Waals surface area contributed by atoms with Gasteiger partial charge in [-0.15, -0.1) is 0 Å². The van der Waals surface area contributed by atoms with Gasteiger partial charge in [-0.05, 0) is 69.6 Å². The van der Waals surface area contributed by atoms with Crippen LogP contribution in [0, 0.1) is 5.41 Å². The number of esters is 1. The van der Waals surface area contributed by atoms with E-state index in [0.717, 1.165) is 37.0 Å².